The summed E-state index contributed by atoms with van der Waals surface area (Å²) >= 11 is 0. The van der Waals surface area contributed by atoms with E-state index >= 15 is 0 Å². The number of amides is 4. The highest BCUT2D eigenvalue weighted by molar-refractivity contribution is 6.31. The number of aromatic nitrogens is 1. The minimum Gasteiger partial charge on any atom is -0.318 e. The second-order valence-corrected chi connectivity index (χ2v) is 6.30. The predicted molar refractivity (Wildman–Crippen MR) is 101 cm³/mol. The number of nitro groups is 1. The molecule has 1 aromatic heterocycles. The number of carbonyl (C=O) groups excluding carboxylic acids is 3. The number of barbiturate groups is 1. The number of imide groups is 2. The van der Waals surface area contributed by atoms with Gasteiger partial charge in [-0.3, -0.25) is 29.9 Å². The standard InChI is InChI=1S/C19H18N4O5/c1-4-21-18(25)16(17(24)20-19(21)26)10-13-9-11(2)22(12(13)3)14-5-7-15(8-6-14)23(27)28/h5-10H,4H2,1-3H3,(H,20,24,26)/b16-10-. The molecule has 28 heavy (non-hydrogen) atoms. The van der Waals surface area contributed by atoms with Crippen molar-refractivity contribution in [3.05, 3.63) is 63.0 Å². The SMILES string of the molecule is CCN1C(=O)NC(=O)/C(=C/c2cc(C)n(-c3ccc([N+](=O)[O-])cc3)c2C)C1=O. The molecule has 9 nitrogen and oxygen atoms in total. The number of rotatable bonds is 4. The van der Waals surface area contributed by atoms with E-state index in [0.717, 1.165) is 22.0 Å². The number of urea groups is 1. The summed E-state index contributed by atoms with van der Waals surface area (Å²) in [6.45, 7) is 5.46. The molecule has 0 spiro atoms. The quantitative estimate of drug-likeness (QED) is 0.378. The first-order valence-corrected chi connectivity index (χ1v) is 8.57. The smallest absolute Gasteiger partial charge is 0.318 e. The molecule has 144 valence electrons. The second kappa shape index (κ2) is 7.10. The van der Waals surface area contributed by atoms with E-state index in [0.29, 0.717) is 5.56 Å². The maximum Gasteiger partial charge on any atom is 0.331 e. The van der Waals surface area contributed by atoms with Gasteiger partial charge in [-0.1, -0.05) is 0 Å². The fourth-order valence-corrected chi connectivity index (χ4v) is 3.19. The van der Waals surface area contributed by atoms with Crippen molar-refractivity contribution in [2.45, 2.75) is 20.8 Å². The summed E-state index contributed by atoms with van der Waals surface area (Å²) in [6, 6.07) is 7.16. The van der Waals surface area contributed by atoms with Crippen LogP contribution in [0.15, 0.2) is 35.9 Å². The lowest BCUT2D eigenvalue weighted by Gasteiger charge is -2.24. The Bertz CT molecular complexity index is 1030. The fraction of sp³-hybridized carbons (Fsp3) is 0.211. The number of nitrogens with zero attached hydrogens (tertiary/aromatic N) is 3. The van der Waals surface area contributed by atoms with Gasteiger partial charge in [0.1, 0.15) is 5.57 Å². The molecule has 2 aromatic rings. The lowest BCUT2D eigenvalue weighted by Crippen LogP contribution is -2.53. The van der Waals surface area contributed by atoms with Gasteiger partial charge in [0, 0.05) is 35.8 Å². The molecule has 0 atom stereocenters. The van der Waals surface area contributed by atoms with E-state index < -0.39 is 22.8 Å². The van der Waals surface area contributed by atoms with Crippen LogP contribution in [0.1, 0.15) is 23.9 Å². The Kier molecular flexibility index (Phi) is 4.83. The van der Waals surface area contributed by atoms with Crippen molar-refractivity contribution < 1.29 is 19.3 Å². The molecule has 2 heterocycles. The Labute approximate surface area is 160 Å². The van der Waals surface area contributed by atoms with Crippen LogP contribution in [0.25, 0.3) is 11.8 Å². The molecule has 4 amide bonds. The van der Waals surface area contributed by atoms with Crippen LogP contribution in [0.3, 0.4) is 0 Å². The third-order valence-electron chi connectivity index (χ3n) is 4.59. The molecule has 1 aliphatic rings. The van der Waals surface area contributed by atoms with Gasteiger partial charge in [0.05, 0.1) is 4.92 Å². The fourth-order valence-electron chi connectivity index (χ4n) is 3.19. The lowest BCUT2D eigenvalue weighted by atomic mass is 10.1. The molecular formula is C19H18N4O5. The first-order valence-electron chi connectivity index (χ1n) is 8.57. The molecule has 0 aliphatic carbocycles. The number of likely N-dealkylation sites (N-methyl/N-ethyl adjacent to an activating group) is 1. The third-order valence-corrected chi connectivity index (χ3v) is 4.59. The molecule has 0 unspecified atom stereocenters. The van der Waals surface area contributed by atoms with Gasteiger partial charge in [0.15, 0.2) is 0 Å². The average Bonchev–Trinajstić information content (AvgIpc) is 2.92. The largest absolute Gasteiger partial charge is 0.331 e. The Morgan fingerprint density at radius 3 is 2.36 bits per heavy atom. The number of hydrogen-bond acceptors (Lipinski definition) is 5. The molecule has 1 saturated heterocycles. The van der Waals surface area contributed by atoms with E-state index in [4.69, 9.17) is 0 Å². The summed E-state index contributed by atoms with van der Waals surface area (Å²) in [5.74, 6) is -1.38. The minimum absolute atomic E-state index is 0.0117. The van der Waals surface area contributed by atoms with Crippen LogP contribution in [0.2, 0.25) is 0 Å². The molecule has 1 aromatic carbocycles. The van der Waals surface area contributed by atoms with Crippen molar-refractivity contribution in [1.82, 2.24) is 14.8 Å². The Balaban J connectivity index is 2.03. The van der Waals surface area contributed by atoms with Crippen LogP contribution in [0, 0.1) is 24.0 Å². The predicted octanol–water partition coefficient (Wildman–Crippen LogP) is 2.48. The molecule has 9 heteroatoms. The van der Waals surface area contributed by atoms with E-state index in [1.807, 2.05) is 18.4 Å². The monoisotopic (exact) mass is 382 g/mol. The van der Waals surface area contributed by atoms with Gasteiger partial charge in [-0.05, 0) is 50.6 Å². The summed E-state index contributed by atoms with van der Waals surface area (Å²) in [4.78, 5) is 47.7. The van der Waals surface area contributed by atoms with Crippen LogP contribution in [0.4, 0.5) is 10.5 Å². The summed E-state index contributed by atoms with van der Waals surface area (Å²) in [7, 11) is 0. The summed E-state index contributed by atoms with van der Waals surface area (Å²) < 4.78 is 1.87. The molecule has 3 rings (SSSR count). The number of nitrogens with one attached hydrogen (secondary N) is 1. The first kappa shape index (κ1) is 19.0. The van der Waals surface area contributed by atoms with Crippen molar-refractivity contribution in [1.29, 1.82) is 0 Å². The Morgan fingerprint density at radius 1 is 1.14 bits per heavy atom. The van der Waals surface area contributed by atoms with Gasteiger partial charge in [-0.25, -0.2) is 4.79 Å². The number of hydrogen-bond donors (Lipinski definition) is 1. The maximum absolute atomic E-state index is 12.5. The van der Waals surface area contributed by atoms with Gasteiger partial charge >= 0.3 is 6.03 Å². The van der Waals surface area contributed by atoms with Crippen molar-refractivity contribution in [3.8, 4) is 5.69 Å². The van der Waals surface area contributed by atoms with E-state index in [2.05, 4.69) is 5.32 Å². The zero-order valence-corrected chi connectivity index (χ0v) is 15.6. The van der Waals surface area contributed by atoms with Gasteiger partial charge in [-0.2, -0.15) is 0 Å². The maximum atomic E-state index is 12.5. The van der Waals surface area contributed by atoms with Crippen LogP contribution in [-0.2, 0) is 9.59 Å². The average molecular weight is 382 g/mol. The van der Waals surface area contributed by atoms with Crippen molar-refractivity contribution >= 4 is 29.6 Å². The van der Waals surface area contributed by atoms with E-state index in [1.165, 1.54) is 18.2 Å². The molecule has 1 aliphatic heterocycles. The number of carbonyl (C=O) groups is 3. The van der Waals surface area contributed by atoms with Gasteiger partial charge in [0.2, 0.25) is 0 Å². The van der Waals surface area contributed by atoms with Gasteiger partial charge < -0.3 is 4.57 Å². The topological polar surface area (TPSA) is 115 Å². The zero-order chi connectivity index (χ0) is 20.6. The minimum atomic E-state index is -0.736. The number of nitro benzene ring substituents is 1. The molecule has 0 bridgehead atoms. The molecular weight excluding hydrogens is 364 g/mol. The van der Waals surface area contributed by atoms with Crippen LogP contribution < -0.4 is 5.32 Å². The number of benzene rings is 1. The third kappa shape index (κ3) is 3.18. The Morgan fingerprint density at radius 2 is 1.79 bits per heavy atom. The number of aryl methyl sites for hydroxylation is 1. The van der Waals surface area contributed by atoms with Crippen LogP contribution in [0.5, 0.6) is 0 Å². The van der Waals surface area contributed by atoms with Crippen molar-refractivity contribution in [2.75, 3.05) is 6.54 Å². The first-order chi connectivity index (χ1) is 13.2. The zero-order valence-electron chi connectivity index (χ0n) is 15.6. The summed E-state index contributed by atoms with van der Waals surface area (Å²) in [5.41, 5.74) is 2.80. The highest BCUT2D eigenvalue weighted by Crippen LogP contribution is 2.25. The van der Waals surface area contributed by atoms with E-state index in [-0.39, 0.29) is 17.8 Å². The van der Waals surface area contributed by atoms with Crippen LogP contribution >= 0.6 is 0 Å². The summed E-state index contributed by atoms with van der Waals surface area (Å²) in [5, 5.41) is 13.0. The lowest BCUT2D eigenvalue weighted by molar-refractivity contribution is -0.384. The highest BCUT2D eigenvalue weighted by atomic mass is 16.6. The van der Waals surface area contributed by atoms with Crippen molar-refractivity contribution in [2.24, 2.45) is 0 Å². The number of non-ortho nitro benzene ring substituents is 1. The second-order valence-electron chi connectivity index (χ2n) is 6.30. The van der Waals surface area contributed by atoms with E-state index in [1.54, 1.807) is 25.1 Å². The highest BCUT2D eigenvalue weighted by Gasteiger charge is 2.34. The van der Waals surface area contributed by atoms with Crippen LogP contribution in [-0.4, -0.2) is 38.8 Å². The molecule has 1 N–H and O–H groups in total. The normalized spacial score (nSPS) is 15.9. The van der Waals surface area contributed by atoms with Crippen molar-refractivity contribution in [3.63, 3.8) is 0 Å². The van der Waals surface area contributed by atoms with Gasteiger partial charge in [-0.15, -0.1) is 0 Å². The van der Waals surface area contributed by atoms with E-state index in [9.17, 15) is 24.5 Å². The molecule has 1 fully saturated rings. The molecule has 0 radical (unpaired) electrons. The summed E-state index contributed by atoms with van der Waals surface area (Å²) in [6.07, 6.45) is 1.46. The van der Waals surface area contributed by atoms with Gasteiger partial charge in [0.25, 0.3) is 17.5 Å². The Hall–Kier alpha value is -3.75. The molecule has 0 saturated carbocycles.